The SMILES string of the molecule is CC(C)(C)[Si](C)(C)OCCC1=CC2CCC(=O)C2C(CCO[Si](C)(C)C(C)(C)C)=C1. The van der Waals surface area contributed by atoms with Crippen LogP contribution in [0.25, 0.3) is 0 Å². The lowest BCUT2D eigenvalue weighted by atomic mass is 9.80. The largest absolute Gasteiger partial charge is 0.417 e. The number of fused-ring (bicyclic) bond motifs is 1. The van der Waals surface area contributed by atoms with E-state index in [0.29, 0.717) is 11.7 Å². The third kappa shape index (κ3) is 6.05. The van der Waals surface area contributed by atoms with E-state index >= 15 is 0 Å². The third-order valence-electron chi connectivity index (χ3n) is 8.02. The number of carbonyl (C=O) groups is 1. The average molecular weight is 451 g/mol. The van der Waals surface area contributed by atoms with Crippen LogP contribution in [-0.2, 0) is 13.6 Å². The molecule has 2 aliphatic carbocycles. The van der Waals surface area contributed by atoms with Crippen LogP contribution in [0.15, 0.2) is 23.3 Å². The van der Waals surface area contributed by atoms with Gasteiger partial charge in [0.2, 0.25) is 0 Å². The van der Waals surface area contributed by atoms with Crippen molar-refractivity contribution in [2.45, 2.75) is 103 Å². The average Bonchev–Trinajstić information content (AvgIpc) is 2.93. The van der Waals surface area contributed by atoms with Crippen LogP contribution >= 0.6 is 0 Å². The number of carbonyl (C=O) groups excluding carboxylic acids is 1. The molecule has 30 heavy (non-hydrogen) atoms. The molecular weight excluding hydrogens is 404 g/mol. The van der Waals surface area contributed by atoms with Gasteiger partial charge in [0.25, 0.3) is 0 Å². The fourth-order valence-corrected chi connectivity index (χ4v) is 5.94. The Bertz CT molecular complexity index is 690. The van der Waals surface area contributed by atoms with Crippen LogP contribution in [0.2, 0.25) is 36.3 Å². The van der Waals surface area contributed by atoms with Crippen LogP contribution in [0.1, 0.15) is 67.2 Å². The van der Waals surface area contributed by atoms with Gasteiger partial charge in [0.15, 0.2) is 16.6 Å². The molecule has 1 saturated carbocycles. The molecule has 2 unspecified atom stereocenters. The maximum Gasteiger partial charge on any atom is 0.191 e. The quantitative estimate of drug-likeness (QED) is 0.365. The van der Waals surface area contributed by atoms with Gasteiger partial charge in [-0.25, -0.2) is 0 Å². The summed E-state index contributed by atoms with van der Waals surface area (Å²) in [6.45, 7) is 24.4. The molecular formula is C25H46O3Si2. The number of hydrogen-bond donors (Lipinski definition) is 0. The smallest absolute Gasteiger partial charge is 0.191 e. The van der Waals surface area contributed by atoms with Crippen LogP contribution < -0.4 is 0 Å². The van der Waals surface area contributed by atoms with Gasteiger partial charge in [-0.05, 0) is 67.0 Å². The third-order valence-corrected chi connectivity index (χ3v) is 17.1. The lowest BCUT2D eigenvalue weighted by molar-refractivity contribution is -0.120. The predicted molar refractivity (Wildman–Crippen MR) is 133 cm³/mol. The van der Waals surface area contributed by atoms with Gasteiger partial charge in [-0.1, -0.05) is 59.3 Å². The van der Waals surface area contributed by atoms with E-state index in [-0.39, 0.29) is 16.0 Å². The van der Waals surface area contributed by atoms with Crippen LogP contribution in [-0.4, -0.2) is 35.6 Å². The number of Topliss-reactive ketones (excluding diaryl/α,β-unsaturated/α-hetero) is 1. The standard InChI is InChI=1S/C25H46O3Si2/c1-24(2,3)29(7,8)27-15-13-19-17-20-11-12-22(26)23(20)21(18-19)14-16-28-30(9,10)25(4,5)6/h17-18,20,23H,11-16H2,1-10H3. The summed E-state index contributed by atoms with van der Waals surface area (Å²) < 4.78 is 12.8. The van der Waals surface area contributed by atoms with Crippen molar-refractivity contribution < 1.29 is 13.6 Å². The van der Waals surface area contributed by atoms with Crippen molar-refractivity contribution in [1.29, 1.82) is 0 Å². The first-order valence-electron chi connectivity index (χ1n) is 11.8. The zero-order valence-electron chi connectivity index (χ0n) is 21.3. The van der Waals surface area contributed by atoms with Crippen molar-refractivity contribution in [3.05, 3.63) is 23.3 Å². The van der Waals surface area contributed by atoms with Gasteiger partial charge in [-0.3, -0.25) is 4.79 Å². The molecule has 0 heterocycles. The van der Waals surface area contributed by atoms with Crippen LogP contribution in [0, 0.1) is 11.8 Å². The molecule has 2 atom stereocenters. The summed E-state index contributed by atoms with van der Waals surface area (Å²) >= 11 is 0. The second-order valence-electron chi connectivity index (χ2n) is 12.3. The summed E-state index contributed by atoms with van der Waals surface area (Å²) in [5, 5.41) is 0.449. The number of hydrogen-bond acceptors (Lipinski definition) is 3. The Kier molecular flexibility index (Phi) is 7.87. The molecule has 0 aromatic carbocycles. The molecule has 5 heteroatoms. The van der Waals surface area contributed by atoms with Crippen LogP contribution in [0.5, 0.6) is 0 Å². The van der Waals surface area contributed by atoms with E-state index < -0.39 is 16.6 Å². The molecule has 0 aliphatic heterocycles. The minimum Gasteiger partial charge on any atom is -0.417 e. The van der Waals surface area contributed by atoms with Crippen molar-refractivity contribution in [3.8, 4) is 0 Å². The predicted octanol–water partition coefficient (Wildman–Crippen LogP) is 7.27. The Hall–Kier alpha value is -0.496. The van der Waals surface area contributed by atoms with Crippen LogP contribution in [0.4, 0.5) is 0 Å². The summed E-state index contributed by atoms with van der Waals surface area (Å²) in [5.74, 6) is 0.901. The van der Waals surface area contributed by atoms with E-state index in [9.17, 15) is 4.79 Å². The highest BCUT2D eigenvalue weighted by Gasteiger charge is 2.40. The maximum atomic E-state index is 12.6. The van der Waals surface area contributed by atoms with E-state index in [0.717, 1.165) is 38.9 Å². The van der Waals surface area contributed by atoms with Gasteiger partial charge in [0.1, 0.15) is 5.78 Å². The van der Waals surface area contributed by atoms with Gasteiger partial charge in [0, 0.05) is 25.6 Å². The normalized spacial score (nSPS) is 23.3. The summed E-state index contributed by atoms with van der Waals surface area (Å²) in [6, 6.07) is 0. The molecule has 0 radical (unpaired) electrons. The molecule has 172 valence electrons. The second-order valence-corrected chi connectivity index (χ2v) is 21.9. The van der Waals surface area contributed by atoms with Crippen molar-refractivity contribution in [2.24, 2.45) is 11.8 Å². The maximum absolute atomic E-state index is 12.6. The summed E-state index contributed by atoms with van der Waals surface area (Å²) in [7, 11) is -3.48. The number of rotatable bonds is 8. The monoisotopic (exact) mass is 450 g/mol. The lowest BCUT2D eigenvalue weighted by Gasteiger charge is -2.37. The van der Waals surface area contributed by atoms with E-state index in [1.165, 1.54) is 11.1 Å². The first-order chi connectivity index (χ1) is 13.6. The molecule has 0 spiro atoms. The van der Waals surface area contributed by atoms with Crippen molar-refractivity contribution >= 4 is 22.4 Å². The minimum atomic E-state index is -1.76. The van der Waals surface area contributed by atoms with Gasteiger partial charge < -0.3 is 8.85 Å². The Morgan fingerprint density at radius 1 is 0.900 bits per heavy atom. The Balaban J connectivity index is 2.03. The fourth-order valence-electron chi connectivity index (χ4n) is 3.85. The van der Waals surface area contributed by atoms with E-state index in [1.807, 2.05) is 0 Å². The van der Waals surface area contributed by atoms with Crippen molar-refractivity contribution in [2.75, 3.05) is 13.2 Å². The van der Waals surface area contributed by atoms with Gasteiger partial charge in [-0.15, -0.1) is 0 Å². The first-order valence-corrected chi connectivity index (χ1v) is 17.6. The highest BCUT2D eigenvalue weighted by molar-refractivity contribution is 6.74. The van der Waals surface area contributed by atoms with Gasteiger partial charge >= 0.3 is 0 Å². The molecule has 2 rings (SSSR count). The van der Waals surface area contributed by atoms with E-state index in [2.05, 4.69) is 79.9 Å². The second kappa shape index (κ2) is 9.17. The molecule has 0 N–H and O–H groups in total. The molecule has 3 nitrogen and oxygen atoms in total. The van der Waals surface area contributed by atoms with Gasteiger partial charge in [0.05, 0.1) is 0 Å². The molecule has 1 fully saturated rings. The highest BCUT2D eigenvalue weighted by atomic mass is 28.4. The molecule has 0 aromatic heterocycles. The highest BCUT2D eigenvalue weighted by Crippen LogP contribution is 2.42. The zero-order valence-corrected chi connectivity index (χ0v) is 23.3. The summed E-state index contributed by atoms with van der Waals surface area (Å²) in [4.78, 5) is 12.6. The fraction of sp³-hybridized carbons (Fsp3) is 0.800. The first kappa shape index (κ1) is 25.8. The van der Waals surface area contributed by atoms with E-state index in [4.69, 9.17) is 8.85 Å². The molecule has 0 saturated heterocycles. The summed E-state index contributed by atoms with van der Waals surface area (Å²) in [5.41, 5.74) is 2.65. The Labute approximate surface area is 188 Å². The molecule has 0 bridgehead atoms. The molecule has 0 amide bonds. The summed E-state index contributed by atoms with van der Waals surface area (Å²) in [6.07, 6.45) is 8.20. The number of allylic oxidation sites excluding steroid dienone is 2. The van der Waals surface area contributed by atoms with Crippen molar-refractivity contribution in [1.82, 2.24) is 0 Å². The Morgan fingerprint density at radius 2 is 1.40 bits per heavy atom. The zero-order chi connectivity index (χ0) is 23.0. The Morgan fingerprint density at radius 3 is 1.90 bits per heavy atom. The van der Waals surface area contributed by atoms with Crippen LogP contribution in [0.3, 0.4) is 0 Å². The lowest BCUT2D eigenvalue weighted by Crippen LogP contribution is -2.41. The number of ketones is 1. The minimum absolute atomic E-state index is 0.0954. The van der Waals surface area contributed by atoms with Gasteiger partial charge in [-0.2, -0.15) is 0 Å². The molecule has 2 aliphatic rings. The topological polar surface area (TPSA) is 35.5 Å². The van der Waals surface area contributed by atoms with Crippen molar-refractivity contribution in [3.63, 3.8) is 0 Å². The van der Waals surface area contributed by atoms with E-state index in [1.54, 1.807) is 0 Å². The molecule has 0 aromatic rings.